The third-order valence-electron chi connectivity index (χ3n) is 3.42. The van der Waals surface area contributed by atoms with Gasteiger partial charge in [0.2, 0.25) is 0 Å². The highest BCUT2D eigenvalue weighted by atomic mass is 79.9. The lowest BCUT2D eigenvalue weighted by Crippen LogP contribution is -2.21. The molecule has 1 fully saturated rings. The van der Waals surface area contributed by atoms with Gasteiger partial charge < -0.3 is 9.84 Å². The molecule has 1 aliphatic heterocycles. The molecule has 0 radical (unpaired) electrons. The van der Waals surface area contributed by atoms with Gasteiger partial charge in [-0.25, -0.2) is 0 Å². The van der Waals surface area contributed by atoms with Gasteiger partial charge in [-0.3, -0.25) is 0 Å². The average Bonchev–Trinajstić information content (AvgIpc) is 2.75. The Morgan fingerprint density at radius 3 is 3.00 bits per heavy atom. The molecule has 1 N–H and O–H groups in total. The minimum absolute atomic E-state index is 0.225. The van der Waals surface area contributed by atoms with Crippen molar-refractivity contribution in [2.75, 3.05) is 6.54 Å². The standard InChI is InChI=1S/C14H16BrN3O/c15-11-7-4-3-6-10(11)14-17-13(18-19-14)12-8-2-1-5-9-16-12/h3-4,6-7,12,16H,1-2,5,8-9H2/t12-/m0/s1. The van der Waals surface area contributed by atoms with Crippen LogP contribution in [0.25, 0.3) is 11.5 Å². The van der Waals surface area contributed by atoms with Crippen molar-refractivity contribution >= 4 is 15.9 Å². The third kappa shape index (κ3) is 2.87. The molecule has 0 spiro atoms. The number of aromatic nitrogens is 2. The van der Waals surface area contributed by atoms with Gasteiger partial charge in [-0.15, -0.1) is 0 Å². The number of hydrogen-bond acceptors (Lipinski definition) is 4. The Hall–Kier alpha value is -1.20. The number of nitrogens with one attached hydrogen (secondary N) is 1. The summed E-state index contributed by atoms with van der Waals surface area (Å²) in [6, 6.07) is 8.11. The lowest BCUT2D eigenvalue weighted by Gasteiger charge is -2.09. The fourth-order valence-electron chi connectivity index (χ4n) is 2.37. The van der Waals surface area contributed by atoms with Crippen LogP contribution in [-0.4, -0.2) is 16.7 Å². The highest BCUT2D eigenvalue weighted by Gasteiger charge is 2.20. The second kappa shape index (κ2) is 5.84. The van der Waals surface area contributed by atoms with Crippen LogP contribution in [-0.2, 0) is 0 Å². The molecule has 0 aliphatic carbocycles. The van der Waals surface area contributed by atoms with Crippen LogP contribution in [0.5, 0.6) is 0 Å². The Labute approximate surface area is 120 Å². The van der Waals surface area contributed by atoms with Crippen LogP contribution in [0.1, 0.15) is 37.5 Å². The fraction of sp³-hybridized carbons (Fsp3) is 0.429. The molecule has 19 heavy (non-hydrogen) atoms. The van der Waals surface area contributed by atoms with Crippen molar-refractivity contribution in [1.29, 1.82) is 0 Å². The lowest BCUT2D eigenvalue weighted by atomic mass is 10.1. The third-order valence-corrected chi connectivity index (χ3v) is 4.11. The summed E-state index contributed by atoms with van der Waals surface area (Å²) in [6.07, 6.45) is 4.80. The molecule has 5 heteroatoms. The maximum absolute atomic E-state index is 5.39. The van der Waals surface area contributed by atoms with Gasteiger partial charge in [0.25, 0.3) is 5.89 Å². The van der Waals surface area contributed by atoms with Gasteiger partial charge in [0.1, 0.15) is 0 Å². The largest absolute Gasteiger partial charge is 0.334 e. The van der Waals surface area contributed by atoms with E-state index in [1.807, 2.05) is 24.3 Å². The zero-order valence-corrected chi connectivity index (χ0v) is 12.2. The summed E-state index contributed by atoms with van der Waals surface area (Å²) in [5, 5.41) is 7.61. The summed E-state index contributed by atoms with van der Waals surface area (Å²) < 4.78 is 6.37. The monoisotopic (exact) mass is 321 g/mol. The van der Waals surface area contributed by atoms with Crippen molar-refractivity contribution in [3.8, 4) is 11.5 Å². The van der Waals surface area contributed by atoms with Crippen LogP contribution in [0.15, 0.2) is 33.3 Å². The molecule has 1 saturated heterocycles. The molecule has 1 aromatic carbocycles. The normalized spacial score (nSPS) is 20.2. The molecule has 0 amide bonds. The van der Waals surface area contributed by atoms with Crippen LogP contribution < -0.4 is 5.32 Å². The first-order valence-electron chi connectivity index (χ1n) is 6.66. The first-order valence-corrected chi connectivity index (χ1v) is 7.46. The predicted molar refractivity (Wildman–Crippen MR) is 76.6 cm³/mol. The molecule has 1 atom stereocenters. The van der Waals surface area contributed by atoms with Crippen molar-refractivity contribution in [2.24, 2.45) is 0 Å². The first kappa shape index (κ1) is 12.8. The van der Waals surface area contributed by atoms with Gasteiger partial charge in [-0.05, 0) is 47.4 Å². The van der Waals surface area contributed by atoms with E-state index >= 15 is 0 Å². The van der Waals surface area contributed by atoms with Crippen LogP contribution in [0.2, 0.25) is 0 Å². The molecule has 1 aliphatic rings. The summed E-state index contributed by atoms with van der Waals surface area (Å²) in [5.41, 5.74) is 0.940. The van der Waals surface area contributed by atoms with Crippen molar-refractivity contribution in [1.82, 2.24) is 15.5 Å². The van der Waals surface area contributed by atoms with Crippen molar-refractivity contribution in [2.45, 2.75) is 31.7 Å². The summed E-state index contributed by atoms with van der Waals surface area (Å²) in [4.78, 5) is 4.54. The van der Waals surface area contributed by atoms with Gasteiger partial charge in [0.05, 0.1) is 11.6 Å². The summed E-state index contributed by atoms with van der Waals surface area (Å²) in [5.74, 6) is 1.35. The van der Waals surface area contributed by atoms with Crippen molar-refractivity contribution < 1.29 is 4.52 Å². The zero-order chi connectivity index (χ0) is 13.1. The molecule has 0 unspecified atom stereocenters. The quantitative estimate of drug-likeness (QED) is 0.916. The first-order chi connectivity index (χ1) is 9.34. The topological polar surface area (TPSA) is 51.0 Å². The van der Waals surface area contributed by atoms with E-state index in [2.05, 4.69) is 31.4 Å². The number of benzene rings is 1. The summed E-state index contributed by atoms with van der Waals surface area (Å²) >= 11 is 3.51. The van der Waals surface area contributed by atoms with Crippen LogP contribution >= 0.6 is 15.9 Å². The second-order valence-electron chi connectivity index (χ2n) is 4.79. The molecule has 0 bridgehead atoms. The van der Waals surface area contributed by atoms with Crippen molar-refractivity contribution in [3.63, 3.8) is 0 Å². The van der Waals surface area contributed by atoms with E-state index in [1.165, 1.54) is 19.3 Å². The molecule has 1 aromatic heterocycles. The van der Waals surface area contributed by atoms with Gasteiger partial charge in [0.15, 0.2) is 5.82 Å². The Morgan fingerprint density at radius 1 is 1.21 bits per heavy atom. The van der Waals surface area contributed by atoms with E-state index in [9.17, 15) is 0 Å². The molecular formula is C14H16BrN3O. The van der Waals surface area contributed by atoms with Gasteiger partial charge in [0, 0.05) is 4.47 Å². The maximum Gasteiger partial charge on any atom is 0.259 e. The smallest absolute Gasteiger partial charge is 0.259 e. The minimum atomic E-state index is 0.225. The van der Waals surface area contributed by atoms with Crippen LogP contribution in [0, 0.1) is 0 Å². The van der Waals surface area contributed by atoms with E-state index in [-0.39, 0.29) is 6.04 Å². The molecule has 4 nitrogen and oxygen atoms in total. The van der Waals surface area contributed by atoms with E-state index in [4.69, 9.17) is 4.52 Å². The van der Waals surface area contributed by atoms with Crippen LogP contribution in [0.3, 0.4) is 0 Å². The minimum Gasteiger partial charge on any atom is -0.334 e. The molecule has 2 heterocycles. The number of hydrogen-bond donors (Lipinski definition) is 1. The number of rotatable bonds is 2. The molecule has 0 saturated carbocycles. The Balaban J connectivity index is 1.85. The van der Waals surface area contributed by atoms with E-state index in [0.717, 1.165) is 28.8 Å². The molecule has 100 valence electrons. The Morgan fingerprint density at radius 2 is 2.11 bits per heavy atom. The average molecular weight is 322 g/mol. The second-order valence-corrected chi connectivity index (χ2v) is 5.65. The number of nitrogens with zero attached hydrogens (tertiary/aromatic N) is 2. The number of halogens is 1. The van der Waals surface area contributed by atoms with Crippen LogP contribution in [0.4, 0.5) is 0 Å². The molecule has 2 aromatic rings. The summed E-state index contributed by atoms with van der Waals surface area (Å²) in [7, 11) is 0. The van der Waals surface area contributed by atoms with Gasteiger partial charge in [-0.2, -0.15) is 4.98 Å². The predicted octanol–water partition coefficient (Wildman–Crippen LogP) is 3.70. The zero-order valence-electron chi connectivity index (χ0n) is 10.6. The van der Waals surface area contributed by atoms with Gasteiger partial charge >= 0.3 is 0 Å². The Kier molecular flexibility index (Phi) is 3.94. The van der Waals surface area contributed by atoms with Crippen molar-refractivity contribution in [3.05, 3.63) is 34.6 Å². The van der Waals surface area contributed by atoms with E-state index in [1.54, 1.807) is 0 Å². The Bertz CT molecular complexity index is 547. The molecule has 3 rings (SSSR count). The molecular weight excluding hydrogens is 306 g/mol. The van der Waals surface area contributed by atoms with E-state index in [0.29, 0.717) is 5.89 Å². The lowest BCUT2D eigenvalue weighted by molar-refractivity contribution is 0.402. The fourth-order valence-corrected chi connectivity index (χ4v) is 2.82. The SMILES string of the molecule is Brc1ccccc1-c1nc([C@@H]2CCCCCN2)no1. The maximum atomic E-state index is 5.39. The summed E-state index contributed by atoms with van der Waals surface area (Å²) in [6.45, 7) is 1.03. The van der Waals surface area contributed by atoms with E-state index < -0.39 is 0 Å². The highest BCUT2D eigenvalue weighted by molar-refractivity contribution is 9.10. The van der Waals surface area contributed by atoms with Gasteiger partial charge in [-0.1, -0.05) is 30.1 Å². The highest BCUT2D eigenvalue weighted by Crippen LogP contribution is 2.28.